The molecule has 1 aliphatic rings. The Morgan fingerprint density at radius 3 is 2.67 bits per heavy atom. The Hall–Kier alpha value is -3.13. The van der Waals surface area contributed by atoms with Crippen LogP contribution in [0, 0.1) is 5.82 Å². The average molecular weight is 415 g/mol. The fourth-order valence-electron chi connectivity index (χ4n) is 3.52. The predicted octanol–water partition coefficient (Wildman–Crippen LogP) is 1.85. The first kappa shape index (κ1) is 21.6. The molecule has 1 fully saturated rings. The van der Waals surface area contributed by atoms with Crippen LogP contribution < -0.4 is 20.1 Å². The molecule has 2 aromatic carbocycles. The molecule has 0 spiro atoms. The van der Waals surface area contributed by atoms with Gasteiger partial charge in [0.25, 0.3) is 0 Å². The van der Waals surface area contributed by atoms with Gasteiger partial charge in [0.15, 0.2) is 11.5 Å². The smallest absolute Gasteiger partial charge is 0.237 e. The minimum Gasteiger partial charge on any atom is -0.493 e. The first-order valence-corrected chi connectivity index (χ1v) is 9.74. The fourth-order valence-corrected chi connectivity index (χ4v) is 3.52. The summed E-state index contributed by atoms with van der Waals surface area (Å²) in [5, 5.41) is 5.62. The number of amides is 2. The topological polar surface area (TPSA) is 79.9 Å². The van der Waals surface area contributed by atoms with Crippen LogP contribution in [0.4, 0.5) is 4.39 Å². The van der Waals surface area contributed by atoms with E-state index in [1.165, 1.54) is 12.1 Å². The summed E-state index contributed by atoms with van der Waals surface area (Å²) < 4.78 is 23.8. The van der Waals surface area contributed by atoms with Crippen molar-refractivity contribution in [2.75, 3.05) is 27.3 Å². The number of hydrogen-bond acceptors (Lipinski definition) is 5. The number of para-hydroxylation sites is 1. The van der Waals surface area contributed by atoms with Crippen molar-refractivity contribution in [2.45, 2.75) is 25.6 Å². The molecule has 1 atom stereocenters. The molecule has 30 heavy (non-hydrogen) atoms. The summed E-state index contributed by atoms with van der Waals surface area (Å²) in [4.78, 5) is 26.9. The van der Waals surface area contributed by atoms with Crippen LogP contribution in [-0.4, -0.2) is 50.1 Å². The summed E-state index contributed by atoms with van der Waals surface area (Å²) >= 11 is 0. The molecule has 1 saturated heterocycles. The van der Waals surface area contributed by atoms with Crippen LogP contribution in [0.3, 0.4) is 0 Å². The second-order valence-corrected chi connectivity index (χ2v) is 7.04. The lowest BCUT2D eigenvalue weighted by atomic mass is 10.1. The van der Waals surface area contributed by atoms with Crippen LogP contribution in [0.5, 0.6) is 11.5 Å². The van der Waals surface area contributed by atoms with Crippen molar-refractivity contribution in [3.05, 3.63) is 59.4 Å². The highest BCUT2D eigenvalue weighted by Gasteiger charge is 2.32. The lowest BCUT2D eigenvalue weighted by Crippen LogP contribution is -2.56. The van der Waals surface area contributed by atoms with Crippen molar-refractivity contribution >= 4 is 11.8 Å². The van der Waals surface area contributed by atoms with Crippen molar-refractivity contribution in [2.24, 2.45) is 0 Å². The maximum Gasteiger partial charge on any atom is 0.237 e. The quantitative estimate of drug-likeness (QED) is 0.688. The number of hydrogen-bond donors (Lipinski definition) is 2. The molecule has 1 heterocycles. The van der Waals surface area contributed by atoms with E-state index >= 15 is 0 Å². The highest BCUT2D eigenvalue weighted by Crippen LogP contribution is 2.32. The molecule has 1 unspecified atom stereocenters. The maximum atomic E-state index is 13.0. The molecular formula is C22H26FN3O4. The molecule has 0 aromatic heterocycles. The van der Waals surface area contributed by atoms with Gasteiger partial charge in [-0.25, -0.2) is 4.39 Å². The van der Waals surface area contributed by atoms with E-state index in [1.54, 1.807) is 26.4 Å². The summed E-state index contributed by atoms with van der Waals surface area (Å²) in [5.41, 5.74) is 1.67. The molecule has 0 aliphatic carbocycles. The van der Waals surface area contributed by atoms with Crippen molar-refractivity contribution in [1.82, 2.24) is 15.5 Å². The standard InChI is InChI=1S/C22H26FN3O4/c1-29-19-5-3-4-16(21(19)30-2)14-26-11-10-24-22(28)18(26)12-20(27)25-13-15-6-8-17(23)9-7-15/h3-9,18H,10-14H2,1-2H3,(H,24,28)(H,25,27). The Labute approximate surface area is 175 Å². The zero-order chi connectivity index (χ0) is 21.5. The van der Waals surface area contributed by atoms with Crippen molar-refractivity contribution < 1.29 is 23.5 Å². The third-order valence-electron chi connectivity index (χ3n) is 5.08. The fraction of sp³-hybridized carbons (Fsp3) is 0.364. The molecule has 0 radical (unpaired) electrons. The summed E-state index contributed by atoms with van der Waals surface area (Å²) in [6, 6.07) is 10.9. The van der Waals surface area contributed by atoms with Gasteiger partial charge in [0.05, 0.1) is 26.7 Å². The van der Waals surface area contributed by atoms with E-state index in [0.717, 1.165) is 11.1 Å². The molecule has 1 aliphatic heterocycles. The summed E-state index contributed by atoms with van der Waals surface area (Å²) in [7, 11) is 3.15. The first-order chi connectivity index (χ1) is 14.5. The summed E-state index contributed by atoms with van der Waals surface area (Å²) in [5.74, 6) is 0.479. The van der Waals surface area contributed by atoms with Crippen molar-refractivity contribution in [3.8, 4) is 11.5 Å². The normalized spacial score (nSPS) is 16.6. The van der Waals surface area contributed by atoms with Gasteiger partial charge in [-0.1, -0.05) is 24.3 Å². The molecule has 7 nitrogen and oxygen atoms in total. The minimum absolute atomic E-state index is 0.0271. The number of halogens is 1. The molecule has 0 bridgehead atoms. The second kappa shape index (κ2) is 10.1. The number of nitrogens with zero attached hydrogens (tertiary/aromatic N) is 1. The monoisotopic (exact) mass is 415 g/mol. The van der Waals surface area contributed by atoms with Gasteiger partial charge in [0.1, 0.15) is 5.82 Å². The van der Waals surface area contributed by atoms with Gasteiger partial charge >= 0.3 is 0 Å². The van der Waals surface area contributed by atoms with Gasteiger partial charge in [-0.05, 0) is 23.8 Å². The number of benzene rings is 2. The second-order valence-electron chi connectivity index (χ2n) is 7.04. The van der Waals surface area contributed by atoms with Crippen LogP contribution in [0.2, 0.25) is 0 Å². The number of carbonyl (C=O) groups is 2. The van der Waals surface area contributed by atoms with Crippen LogP contribution in [-0.2, 0) is 22.7 Å². The molecule has 2 N–H and O–H groups in total. The van der Waals surface area contributed by atoms with E-state index < -0.39 is 6.04 Å². The van der Waals surface area contributed by atoms with E-state index in [0.29, 0.717) is 31.1 Å². The Balaban J connectivity index is 1.66. The van der Waals surface area contributed by atoms with E-state index in [4.69, 9.17) is 9.47 Å². The molecular weight excluding hydrogens is 389 g/mol. The molecule has 3 rings (SSSR count). The van der Waals surface area contributed by atoms with Gasteiger partial charge in [0, 0.05) is 31.7 Å². The number of carbonyl (C=O) groups excluding carboxylic acids is 2. The van der Waals surface area contributed by atoms with Crippen LogP contribution in [0.1, 0.15) is 17.5 Å². The number of ether oxygens (including phenoxy) is 2. The Bertz CT molecular complexity index is 888. The zero-order valence-electron chi connectivity index (χ0n) is 17.1. The lowest BCUT2D eigenvalue weighted by Gasteiger charge is -2.35. The van der Waals surface area contributed by atoms with E-state index in [-0.39, 0.29) is 30.6 Å². The van der Waals surface area contributed by atoms with Crippen LogP contribution in [0.15, 0.2) is 42.5 Å². The molecule has 2 amide bonds. The maximum absolute atomic E-state index is 13.0. The highest BCUT2D eigenvalue weighted by molar-refractivity contribution is 5.88. The van der Waals surface area contributed by atoms with Gasteiger partial charge < -0.3 is 20.1 Å². The van der Waals surface area contributed by atoms with Gasteiger partial charge in [0.2, 0.25) is 11.8 Å². The van der Waals surface area contributed by atoms with Crippen LogP contribution >= 0.6 is 0 Å². The largest absolute Gasteiger partial charge is 0.493 e. The van der Waals surface area contributed by atoms with E-state index in [2.05, 4.69) is 10.6 Å². The number of nitrogens with one attached hydrogen (secondary N) is 2. The Morgan fingerprint density at radius 2 is 1.97 bits per heavy atom. The van der Waals surface area contributed by atoms with E-state index in [1.807, 2.05) is 23.1 Å². The Kier molecular flexibility index (Phi) is 7.24. The first-order valence-electron chi connectivity index (χ1n) is 9.74. The SMILES string of the molecule is COc1cccc(CN2CCNC(=O)C2CC(=O)NCc2ccc(F)cc2)c1OC. The number of piperazine rings is 1. The summed E-state index contributed by atoms with van der Waals surface area (Å²) in [6.45, 7) is 1.85. The average Bonchev–Trinajstić information content (AvgIpc) is 2.75. The van der Waals surface area contributed by atoms with Gasteiger partial charge in [-0.3, -0.25) is 14.5 Å². The third kappa shape index (κ3) is 5.27. The number of methoxy groups -OCH3 is 2. The molecule has 0 saturated carbocycles. The predicted molar refractivity (Wildman–Crippen MR) is 110 cm³/mol. The van der Waals surface area contributed by atoms with Crippen molar-refractivity contribution in [3.63, 3.8) is 0 Å². The third-order valence-corrected chi connectivity index (χ3v) is 5.08. The zero-order valence-corrected chi connectivity index (χ0v) is 17.1. The number of rotatable bonds is 8. The van der Waals surface area contributed by atoms with Crippen molar-refractivity contribution in [1.29, 1.82) is 0 Å². The van der Waals surface area contributed by atoms with Gasteiger partial charge in [-0.2, -0.15) is 0 Å². The molecule has 2 aromatic rings. The minimum atomic E-state index is -0.595. The van der Waals surface area contributed by atoms with Crippen LogP contribution in [0.25, 0.3) is 0 Å². The molecule has 8 heteroatoms. The highest BCUT2D eigenvalue weighted by atomic mass is 19.1. The summed E-state index contributed by atoms with van der Waals surface area (Å²) in [6.07, 6.45) is 0.0271. The van der Waals surface area contributed by atoms with Gasteiger partial charge in [-0.15, -0.1) is 0 Å². The Morgan fingerprint density at radius 1 is 1.20 bits per heavy atom. The molecule has 160 valence electrons. The van der Waals surface area contributed by atoms with E-state index in [9.17, 15) is 14.0 Å². The lowest BCUT2D eigenvalue weighted by molar-refractivity contribution is -0.134.